The number of benzene rings is 3. The van der Waals surface area contributed by atoms with Crippen molar-refractivity contribution in [1.29, 1.82) is 0 Å². The Morgan fingerprint density at radius 3 is 2.17 bits per heavy atom. The highest BCUT2D eigenvalue weighted by Gasteiger charge is 2.33. The van der Waals surface area contributed by atoms with Crippen LogP contribution in [0.1, 0.15) is 25.0 Å². The van der Waals surface area contributed by atoms with Crippen LogP contribution in [-0.2, 0) is 26.2 Å². The number of ether oxygens (including phenoxy) is 2. The molecule has 0 aliphatic rings. The van der Waals surface area contributed by atoms with E-state index in [1.807, 2.05) is 6.92 Å². The molecule has 1 atom stereocenters. The Morgan fingerprint density at radius 1 is 0.927 bits per heavy atom. The zero-order valence-electron chi connectivity index (χ0n) is 23.5. The van der Waals surface area contributed by atoms with Crippen LogP contribution in [-0.4, -0.2) is 58.5 Å². The van der Waals surface area contributed by atoms with Gasteiger partial charge < -0.3 is 19.7 Å². The number of hydrogen-bond acceptors (Lipinski definition) is 6. The van der Waals surface area contributed by atoms with Crippen molar-refractivity contribution >= 4 is 50.7 Å². The Kier molecular flexibility index (Phi) is 10.9. The van der Waals surface area contributed by atoms with E-state index in [9.17, 15) is 18.0 Å². The van der Waals surface area contributed by atoms with E-state index in [1.165, 1.54) is 37.3 Å². The van der Waals surface area contributed by atoms with Gasteiger partial charge in [-0.25, -0.2) is 8.42 Å². The van der Waals surface area contributed by atoms with Gasteiger partial charge in [0.15, 0.2) is 11.5 Å². The van der Waals surface area contributed by atoms with Crippen LogP contribution in [0.4, 0.5) is 5.69 Å². The summed E-state index contributed by atoms with van der Waals surface area (Å²) in [5.74, 6) is -0.409. The summed E-state index contributed by atoms with van der Waals surface area (Å²) in [6.45, 7) is 5.00. The summed E-state index contributed by atoms with van der Waals surface area (Å²) in [5.41, 5.74) is 1.81. The Morgan fingerprint density at radius 2 is 1.59 bits per heavy atom. The lowest BCUT2D eigenvalue weighted by Gasteiger charge is -2.32. The highest BCUT2D eigenvalue weighted by Crippen LogP contribution is 2.32. The average molecular weight is 623 g/mol. The molecule has 0 heterocycles. The van der Waals surface area contributed by atoms with E-state index in [-0.39, 0.29) is 28.8 Å². The molecule has 0 bridgehead atoms. The first-order chi connectivity index (χ1) is 19.4. The molecule has 0 saturated heterocycles. The quantitative estimate of drug-likeness (QED) is 0.303. The van der Waals surface area contributed by atoms with Gasteiger partial charge in [-0.3, -0.25) is 13.9 Å². The first kappa shape index (κ1) is 32.0. The number of hydrogen-bond donors (Lipinski definition) is 1. The van der Waals surface area contributed by atoms with Crippen molar-refractivity contribution in [2.75, 3.05) is 31.6 Å². The number of aryl methyl sites for hydroxylation is 1. The third-order valence-electron chi connectivity index (χ3n) is 6.40. The summed E-state index contributed by atoms with van der Waals surface area (Å²) in [7, 11) is -1.44. The minimum Gasteiger partial charge on any atom is -0.493 e. The maximum absolute atomic E-state index is 14.0. The number of nitrogens with one attached hydrogen (secondary N) is 1. The molecular formula is C29H33Cl2N3O6S. The minimum absolute atomic E-state index is 0.00777. The van der Waals surface area contributed by atoms with Crippen LogP contribution >= 0.6 is 23.2 Å². The molecule has 0 spiro atoms. The Hall–Kier alpha value is -3.47. The third-order valence-corrected chi connectivity index (χ3v) is 8.91. The monoisotopic (exact) mass is 621 g/mol. The largest absolute Gasteiger partial charge is 0.493 e. The fraction of sp³-hybridized carbons (Fsp3) is 0.310. The molecule has 41 heavy (non-hydrogen) atoms. The maximum atomic E-state index is 14.0. The number of amides is 2. The lowest BCUT2D eigenvalue weighted by Crippen LogP contribution is -2.51. The Bertz CT molecular complexity index is 1500. The third kappa shape index (κ3) is 7.63. The normalized spacial score (nSPS) is 11.9. The number of carbonyl (C=O) groups excluding carboxylic acids is 2. The van der Waals surface area contributed by atoms with Gasteiger partial charge in [0.25, 0.3) is 10.0 Å². The topological polar surface area (TPSA) is 105 Å². The van der Waals surface area contributed by atoms with Gasteiger partial charge in [-0.1, -0.05) is 47.0 Å². The van der Waals surface area contributed by atoms with Gasteiger partial charge in [0.1, 0.15) is 12.6 Å². The molecule has 9 nitrogen and oxygen atoms in total. The van der Waals surface area contributed by atoms with Crippen LogP contribution in [0, 0.1) is 6.92 Å². The molecule has 3 aromatic rings. The summed E-state index contributed by atoms with van der Waals surface area (Å²) in [4.78, 5) is 28.0. The van der Waals surface area contributed by atoms with Gasteiger partial charge >= 0.3 is 0 Å². The fourth-order valence-corrected chi connectivity index (χ4v) is 5.83. The van der Waals surface area contributed by atoms with Crippen molar-refractivity contribution in [3.8, 4) is 11.5 Å². The lowest BCUT2D eigenvalue weighted by molar-refractivity contribution is -0.139. The van der Waals surface area contributed by atoms with Crippen LogP contribution < -0.4 is 19.1 Å². The van der Waals surface area contributed by atoms with Crippen LogP contribution in [0.15, 0.2) is 65.6 Å². The van der Waals surface area contributed by atoms with Crippen molar-refractivity contribution in [2.45, 2.75) is 38.3 Å². The molecule has 0 aliphatic heterocycles. The van der Waals surface area contributed by atoms with Gasteiger partial charge in [0, 0.05) is 19.2 Å². The molecule has 220 valence electrons. The smallest absolute Gasteiger partial charge is 0.264 e. The van der Waals surface area contributed by atoms with Crippen LogP contribution in [0.25, 0.3) is 0 Å². The van der Waals surface area contributed by atoms with Gasteiger partial charge in [0.2, 0.25) is 11.8 Å². The number of rotatable bonds is 12. The molecule has 0 unspecified atom stereocenters. The second-order valence-corrected chi connectivity index (χ2v) is 11.9. The van der Waals surface area contributed by atoms with E-state index in [2.05, 4.69) is 5.32 Å². The number of carbonyl (C=O) groups is 2. The molecule has 2 amide bonds. The SMILES string of the molecule is CCNC(=O)[C@H](C)N(Cc1ccc(Cl)c(Cl)c1)C(=O)CN(c1ccc(C)cc1)S(=O)(=O)c1ccc(OC)c(OC)c1. The summed E-state index contributed by atoms with van der Waals surface area (Å²) >= 11 is 12.3. The van der Waals surface area contributed by atoms with E-state index in [0.29, 0.717) is 27.9 Å². The molecular weight excluding hydrogens is 589 g/mol. The highest BCUT2D eigenvalue weighted by molar-refractivity contribution is 7.92. The second-order valence-electron chi connectivity index (χ2n) is 9.20. The molecule has 1 N–H and O–H groups in total. The van der Waals surface area contributed by atoms with Gasteiger partial charge in [0.05, 0.1) is 34.8 Å². The van der Waals surface area contributed by atoms with E-state index in [4.69, 9.17) is 32.7 Å². The zero-order chi connectivity index (χ0) is 30.3. The molecule has 0 fully saturated rings. The van der Waals surface area contributed by atoms with Crippen molar-refractivity contribution < 1.29 is 27.5 Å². The van der Waals surface area contributed by atoms with E-state index >= 15 is 0 Å². The van der Waals surface area contributed by atoms with Crippen LogP contribution in [0.2, 0.25) is 10.0 Å². The molecule has 3 aromatic carbocycles. The number of nitrogens with zero attached hydrogens (tertiary/aromatic N) is 2. The van der Waals surface area contributed by atoms with E-state index < -0.39 is 28.5 Å². The average Bonchev–Trinajstić information content (AvgIpc) is 2.96. The van der Waals surface area contributed by atoms with Crippen molar-refractivity contribution in [3.05, 3.63) is 81.8 Å². The first-order valence-electron chi connectivity index (χ1n) is 12.8. The highest BCUT2D eigenvalue weighted by atomic mass is 35.5. The Balaban J connectivity index is 2.07. The summed E-state index contributed by atoms with van der Waals surface area (Å²) < 4.78 is 39.7. The molecule has 0 aliphatic carbocycles. The first-order valence-corrected chi connectivity index (χ1v) is 14.9. The number of sulfonamides is 1. The van der Waals surface area contributed by atoms with Crippen LogP contribution in [0.5, 0.6) is 11.5 Å². The lowest BCUT2D eigenvalue weighted by atomic mass is 10.1. The molecule has 0 radical (unpaired) electrons. The number of halogens is 2. The maximum Gasteiger partial charge on any atom is 0.264 e. The van der Waals surface area contributed by atoms with Gasteiger partial charge in [-0.15, -0.1) is 0 Å². The van der Waals surface area contributed by atoms with E-state index in [0.717, 1.165) is 9.87 Å². The number of likely N-dealkylation sites (N-methyl/N-ethyl adjacent to an activating group) is 1. The van der Waals surface area contributed by atoms with Crippen molar-refractivity contribution in [3.63, 3.8) is 0 Å². The van der Waals surface area contributed by atoms with Gasteiger partial charge in [-0.2, -0.15) is 0 Å². The summed E-state index contributed by atoms with van der Waals surface area (Å²) in [6.07, 6.45) is 0. The standard InChI is InChI=1S/C29H33Cl2N3O6S/c1-6-32-29(36)20(3)33(17-21-9-13-24(30)25(31)15-21)28(35)18-34(22-10-7-19(2)8-11-22)41(37,38)23-12-14-26(39-4)27(16-23)40-5/h7-16,20H,6,17-18H2,1-5H3,(H,32,36)/t20-/m0/s1. The predicted molar refractivity (Wildman–Crippen MR) is 160 cm³/mol. The molecule has 0 aromatic heterocycles. The number of anilines is 1. The Labute approximate surface area is 251 Å². The molecule has 3 rings (SSSR count). The van der Waals surface area contributed by atoms with Crippen molar-refractivity contribution in [2.24, 2.45) is 0 Å². The molecule has 12 heteroatoms. The minimum atomic E-state index is -4.28. The fourth-order valence-electron chi connectivity index (χ4n) is 4.08. The van der Waals surface area contributed by atoms with Crippen LogP contribution in [0.3, 0.4) is 0 Å². The van der Waals surface area contributed by atoms with Gasteiger partial charge in [-0.05, 0) is 62.7 Å². The summed E-state index contributed by atoms with van der Waals surface area (Å²) in [6, 6.07) is 14.9. The second kappa shape index (κ2) is 13.9. The van der Waals surface area contributed by atoms with E-state index in [1.54, 1.807) is 56.3 Å². The predicted octanol–water partition coefficient (Wildman–Crippen LogP) is 5.07. The number of methoxy groups -OCH3 is 2. The zero-order valence-corrected chi connectivity index (χ0v) is 25.8. The summed E-state index contributed by atoms with van der Waals surface area (Å²) in [5, 5.41) is 3.36. The van der Waals surface area contributed by atoms with Crippen molar-refractivity contribution in [1.82, 2.24) is 10.2 Å². The molecule has 0 saturated carbocycles.